The topological polar surface area (TPSA) is 4.93 Å². The fourth-order valence-electron chi connectivity index (χ4n) is 6.69. The SMILES string of the molecule is Cc1cc(-c2cc3ccccc3c3ccccc23)c(C)cc1-c1ccc2c(c1)c1ccccc1n2-c1ccccc1. The third kappa shape index (κ3) is 3.70. The highest BCUT2D eigenvalue weighted by molar-refractivity contribution is 6.14. The van der Waals surface area contributed by atoms with E-state index in [2.05, 4.69) is 158 Å². The lowest BCUT2D eigenvalue weighted by Crippen LogP contribution is -1.93. The molecule has 0 unspecified atom stereocenters. The highest BCUT2D eigenvalue weighted by Crippen LogP contribution is 2.40. The number of aromatic nitrogens is 1. The second-order valence-corrected chi connectivity index (χ2v) is 11.1. The van der Waals surface area contributed by atoms with Crippen LogP contribution in [-0.2, 0) is 0 Å². The van der Waals surface area contributed by atoms with E-state index in [1.807, 2.05) is 0 Å². The molecule has 0 saturated heterocycles. The predicted octanol–water partition coefficient (Wildman–Crippen LogP) is 11.0. The molecule has 8 rings (SSSR count). The molecule has 0 amide bonds. The summed E-state index contributed by atoms with van der Waals surface area (Å²) in [4.78, 5) is 0. The van der Waals surface area contributed by atoms with Gasteiger partial charge >= 0.3 is 0 Å². The van der Waals surface area contributed by atoms with Crippen LogP contribution in [-0.4, -0.2) is 4.57 Å². The zero-order chi connectivity index (χ0) is 27.5. The van der Waals surface area contributed by atoms with Crippen LogP contribution in [0, 0.1) is 13.8 Å². The molecule has 0 aliphatic heterocycles. The first-order chi connectivity index (χ1) is 20.2. The summed E-state index contributed by atoms with van der Waals surface area (Å²) in [5.74, 6) is 0. The Labute approximate surface area is 239 Å². The van der Waals surface area contributed by atoms with Crippen LogP contribution in [0.1, 0.15) is 11.1 Å². The molecule has 0 radical (unpaired) electrons. The summed E-state index contributed by atoms with van der Waals surface area (Å²) >= 11 is 0. The molecule has 0 spiro atoms. The van der Waals surface area contributed by atoms with Crippen molar-refractivity contribution in [2.24, 2.45) is 0 Å². The molecule has 7 aromatic carbocycles. The Morgan fingerprint density at radius 3 is 1.83 bits per heavy atom. The van der Waals surface area contributed by atoms with Crippen LogP contribution in [0.4, 0.5) is 0 Å². The Morgan fingerprint density at radius 2 is 1.00 bits per heavy atom. The quantitative estimate of drug-likeness (QED) is 0.203. The molecule has 0 fully saturated rings. The number of rotatable bonds is 3. The summed E-state index contributed by atoms with van der Waals surface area (Å²) in [5.41, 5.74) is 11.4. The molecule has 8 aromatic rings. The van der Waals surface area contributed by atoms with Crippen molar-refractivity contribution in [3.05, 3.63) is 151 Å². The molecule has 0 aliphatic carbocycles. The molecule has 1 heterocycles. The van der Waals surface area contributed by atoms with Gasteiger partial charge in [0.25, 0.3) is 0 Å². The van der Waals surface area contributed by atoms with Crippen LogP contribution in [0.15, 0.2) is 140 Å². The van der Waals surface area contributed by atoms with Gasteiger partial charge in [0.05, 0.1) is 11.0 Å². The van der Waals surface area contributed by atoms with E-state index in [9.17, 15) is 0 Å². The first-order valence-electron chi connectivity index (χ1n) is 14.3. The lowest BCUT2D eigenvalue weighted by Gasteiger charge is -2.16. The van der Waals surface area contributed by atoms with Crippen LogP contribution in [0.2, 0.25) is 0 Å². The third-order valence-electron chi connectivity index (χ3n) is 8.63. The van der Waals surface area contributed by atoms with Crippen LogP contribution >= 0.6 is 0 Å². The summed E-state index contributed by atoms with van der Waals surface area (Å²) in [7, 11) is 0. The highest BCUT2D eigenvalue weighted by atomic mass is 15.0. The third-order valence-corrected chi connectivity index (χ3v) is 8.63. The Bertz CT molecular complexity index is 2270. The second kappa shape index (κ2) is 9.21. The molecule has 0 N–H and O–H groups in total. The van der Waals surface area contributed by atoms with Crippen molar-refractivity contribution in [3.8, 4) is 27.9 Å². The maximum absolute atomic E-state index is 2.39. The van der Waals surface area contributed by atoms with Crippen molar-refractivity contribution in [3.63, 3.8) is 0 Å². The Kier molecular flexibility index (Phi) is 5.33. The van der Waals surface area contributed by atoms with E-state index in [1.54, 1.807) is 0 Å². The number of benzene rings is 7. The van der Waals surface area contributed by atoms with E-state index < -0.39 is 0 Å². The van der Waals surface area contributed by atoms with Gasteiger partial charge in [0.15, 0.2) is 0 Å². The van der Waals surface area contributed by atoms with Crippen molar-refractivity contribution in [2.45, 2.75) is 13.8 Å². The van der Waals surface area contributed by atoms with E-state index in [0.29, 0.717) is 0 Å². The second-order valence-electron chi connectivity index (χ2n) is 11.1. The minimum atomic E-state index is 1.19. The summed E-state index contributed by atoms with van der Waals surface area (Å²) in [6.07, 6.45) is 0. The van der Waals surface area contributed by atoms with Gasteiger partial charge < -0.3 is 4.57 Å². The lowest BCUT2D eigenvalue weighted by atomic mass is 9.88. The summed E-state index contributed by atoms with van der Waals surface area (Å²) < 4.78 is 2.38. The number of hydrogen-bond donors (Lipinski definition) is 0. The smallest absolute Gasteiger partial charge is 0.0541 e. The molecule has 0 atom stereocenters. The minimum absolute atomic E-state index is 1.19. The van der Waals surface area contributed by atoms with Crippen molar-refractivity contribution < 1.29 is 0 Å². The maximum atomic E-state index is 2.39. The van der Waals surface area contributed by atoms with Crippen LogP contribution in [0.5, 0.6) is 0 Å². The molecule has 41 heavy (non-hydrogen) atoms. The number of fused-ring (bicyclic) bond motifs is 6. The van der Waals surface area contributed by atoms with Gasteiger partial charge in [0.1, 0.15) is 0 Å². The summed E-state index contributed by atoms with van der Waals surface area (Å²) in [5, 5.41) is 7.76. The molecule has 1 heteroatoms. The Hall–Kier alpha value is -5.14. The minimum Gasteiger partial charge on any atom is -0.309 e. The van der Waals surface area contributed by atoms with Gasteiger partial charge in [-0.3, -0.25) is 0 Å². The van der Waals surface area contributed by atoms with Crippen LogP contribution in [0.3, 0.4) is 0 Å². The molecule has 0 bridgehead atoms. The largest absolute Gasteiger partial charge is 0.309 e. The molecular formula is C40H29N. The predicted molar refractivity (Wildman–Crippen MR) is 176 cm³/mol. The molecular weight excluding hydrogens is 494 g/mol. The average Bonchev–Trinajstić information content (AvgIpc) is 3.36. The van der Waals surface area contributed by atoms with E-state index in [0.717, 1.165) is 0 Å². The number of nitrogens with zero attached hydrogens (tertiary/aromatic N) is 1. The average molecular weight is 524 g/mol. The molecule has 1 nitrogen and oxygen atoms in total. The highest BCUT2D eigenvalue weighted by Gasteiger charge is 2.16. The van der Waals surface area contributed by atoms with Gasteiger partial charge in [-0.15, -0.1) is 0 Å². The monoisotopic (exact) mass is 523 g/mol. The van der Waals surface area contributed by atoms with Crippen molar-refractivity contribution in [2.75, 3.05) is 0 Å². The Balaban J connectivity index is 1.32. The molecule has 1 aromatic heterocycles. The number of aryl methyl sites for hydroxylation is 2. The van der Waals surface area contributed by atoms with Crippen LogP contribution in [0.25, 0.3) is 71.3 Å². The Morgan fingerprint density at radius 1 is 0.390 bits per heavy atom. The number of para-hydroxylation sites is 2. The van der Waals surface area contributed by atoms with E-state index in [-0.39, 0.29) is 0 Å². The standard InChI is InChI=1S/C40H29N/c1-26-23-36(37-24-28-12-6-7-15-31(28)32-16-8-9-17-33(32)37)27(2)22-35(26)29-20-21-40-38(25-29)34-18-10-11-19-39(34)41(40)30-13-4-3-5-14-30/h3-25H,1-2H3. The first-order valence-corrected chi connectivity index (χ1v) is 14.3. The molecule has 0 aliphatic rings. The maximum Gasteiger partial charge on any atom is 0.0541 e. The summed E-state index contributed by atoms with van der Waals surface area (Å²) in [6, 6.07) is 51.0. The van der Waals surface area contributed by atoms with Crippen molar-refractivity contribution >= 4 is 43.4 Å². The van der Waals surface area contributed by atoms with Gasteiger partial charge in [0.2, 0.25) is 0 Å². The summed E-state index contributed by atoms with van der Waals surface area (Å²) in [6.45, 7) is 4.50. The van der Waals surface area contributed by atoms with Crippen molar-refractivity contribution in [1.82, 2.24) is 4.57 Å². The van der Waals surface area contributed by atoms with Crippen LogP contribution < -0.4 is 0 Å². The normalized spacial score (nSPS) is 11.7. The van der Waals surface area contributed by atoms with Crippen molar-refractivity contribution in [1.29, 1.82) is 0 Å². The fourth-order valence-corrected chi connectivity index (χ4v) is 6.69. The van der Waals surface area contributed by atoms with E-state index in [1.165, 1.54) is 82.4 Å². The first kappa shape index (κ1) is 23.7. The lowest BCUT2D eigenvalue weighted by molar-refractivity contribution is 1.18. The van der Waals surface area contributed by atoms with Gasteiger partial charge in [-0.2, -0.15) is 0 Å². The number of hydrogen-bond acceptors (Lipinski definition) is 0. The van der Waals surface area contributed by atoms with Gasteiger partial charge in [-0.25, -0.2) is 0 Å². The zero-order valence-electron chi connectivity index (χ0n) is 23.2. The molecule has 194 valence electrons. The van der Waals surface area contributed by atoms with E-state index in [4.69, 9.17) is 0 Å². The fraction of sp³-hybridized carbons (Fsp3) is 0.0500. The van der Waals surface area contributed by atoms with E-state index >= 15 is 0 Å². The van der Waals surface area contributed by atoms with Gasteiger partial charge in [-0.05, 0) is 105 Å². The van der Waals surface area contributed by atoms with Gasteiger partial charge in [-0.1, -0.05) is 103 Å². The molecule has 0 saturated carbocycles. The van der Waals surface area contributed by atoms with Gasteiger partial charge in [0, 0.05) is 16.5 Å². The zero-order valence-corrected chi connectivity index (χ0v) is 23.2.